The van der Waals surface area contributed by atoms with E-state index >= 15 is 0 Å². The Morgan fingerprint density at radius 2 is 1.20 bits per heavy atom. The molecule has 0 saturated heterocycles. The Morgan fingerprint density at radius 3 is 1.64 bits per heavy atom. The van der Waals surface area contributed by atoms with Gasteiger partial charge in [-0.25, -0.2) is 0 Å². The van der Waals surface area contributed by atoms with Crippen LogP contribution in [0.25, 0.3) is 0 Å². The minimum absolute atomic E-state index is 0.448. The summed E-state index contributed by atoms with van der Waals surface area (Å²) in [5.74, 6) is 1.28. The van der Waals surface area contributed by atoms with E-state index in [-0.39, 0.29) is 0 Å². The molecule has 4 nitrogen and oxygen atoms in total. The highest BCUT2D eigenvalue weighted by Gasteiger charge is 2.04. The number of hydrogen-bond donors (Lipinski definition) is 1. The molecule has 0 radical (unpaired) electrons. The number of hydrogen-bond acceptors (Lipinski definition) is 3. The zero-order valence-electron chi connectivity index (χ0n) is 13.7. The molecule has 1 amide bonds. The number of ether oxygens (including phenoxy) is 2. The van der Waals surface area contributed by atoms with Gasteiger partial charge < -0.3 is 14.8 Å². The molecule has 3 rings (SSSR count). The third-order valence-corrected chi connectivity index (χ3v) is 3.60. The Morgan fingerprint density at radius 1 is 0.720 bits per heavy atom. The standard InChI is InChI=1S/C21H19NO3/c23-16-22-19-11-20(24-14-17-7-3-1-4-8-17)13-21(12-19)25-15-18-9-5-2-6-10-18/h1-13,16H,14-15H2,(H,22,23). The Balaban J connectivity index is 1.71. The minimum atomic E-state index is 0.448. The summed E-state index contributed by atoms with van der Waals surface area (Å²) < 4.78 is 11.7. The van der Waals surface area contributed by atoms with Gasteiger partial charge in [0.2, 0.25) is 6.41 Å². The van der Waals surface area contributed by atoms with Crippen molar-refractivity contribution in [3.8, 4) is 11.5 Å². The molecule has 1 N–H and O–H groups in total. The monoisotopic (exact) mass is 333 g/mol. The molecule has 0 aliphatic carbocycles. The average molecular weight is 333 g/mol. The summed E-state index contributed by atoms with van der Waals surface area (Å²) in [5, 5.41) is 2.64. The van der Waals surface area contributed by atoms with Crippen LogP contribution in [0.2, 0.25) is 0 Å². The largest absolute Gasteiger partial charge is 0.489 e. The van der Waals surface area contributed by atoms with Crippen LogP contribution in [0.15, 0.2) is 78.9 Å². The van der Waals surface area contributed by atoms with E-state index in [9.17, 15) is 4.79 Å². The SMILES string of the molecule is O=CNc1cc(OCc2ccccc2)cc(OCc2ccccc2)c1. The third kappa shape index (κ3) is 5.11. The molecular formula is C21H19NO3. The highest BCUT2D eigenvalue weighted by molar-refractivity contribution is 5.73. The number of anilines is 1. The molecule has 3 aromatic carbocycles. The van der Waals surface area contributed by atoms with Gasteiger partial charge in [-0.1, -0.05) is 60.7 Å². The molecule has 0 unspecified atom stereocenters. The van der Waals surface area contributed by atoms with Gasteiger partial charge in [0.25, 0.3) is 0 Å². The van der Waals surface area contributed by atoms with Crippen molar-refractivity contribution < 1.29 is 14.3 Å². The predicted octanol–water partition coefficient (Wildman–Crippen LogP) is 4.41. The first-order valence-corrected chi connectivity index (χ1v) is 8.02. The van der Waals surface area contributed by atoms with Gasteiger partial charge in [0.15, 0.2) is 0 Å². The predicted molar refractivity (Wildman–Crippen MR) is 97.7 cm³/mol. The van der Waals surface area contributed by atoms with Crippen LogP contribution in [0.4, 0.5) is 5.69 Å². The molecule has 3 aromatic rings. The Bertz CT molecular complexity index is 742. The Hall–Kier alpha value is -3.27. The summed E-state index contributed by atoms with van der Waals surface area (Å²) in [5.41, 5.74) is 2.77. The Labute approximate surface area is 147 Å². The van der Waals surface area contributed by atoms with Gasteiger partial charge in [0.1, 0.15) is 24.7 Å². The van der Waals surface area contributed by atoms with Crippen molar-refractivity contribution >= 4 is 12.1 Å². The van der Waals surface area contributed by atoms with Crippen molar-refractivity contribution in [2.75, 3.05) is 5.32 Å². The molecule has 0 bridgehead atoms. The van der Waals surface area contributed by atoms with Gasteiger partial charge in [-0.2, -0.15) is 0 Å². The summed E-state index contributed by atoms with van der Waals surface area (Å²) in [6.07, 6.45) is 0.636. The number of rotatable bonds is 8. The fraction of sp³-hybridized carbons (Fsp3) is 0.0952. The zero-order valence-corrected chi connectivity index (χ0v) is 13.7. The lowest BCUT2D eigenvalue weighted by molar-refractivity contribution is -0.105. The van der Waals surface area contributed by atoms with Crippen LogP contribution in [-0.4, -0.2) is 6.41 Å². The second-order valence-corrected chi connectivity index (χ2v) is 5.50. The number of benzene rings is 3. The molecule has 0 spiro atoms. The summed E-state index contributed by atoms with van der Waals surface area (Å²) in [7, 11) is 0. The maximum atomic E-state index is 10.8. The first kappa shape index (κ1) is 16.6. The molecule has 0 saturated carbocycles. The van der Waals surface area contributed by atoms with E-state index in [2.05, 4.69) is 5.32 Å². The van der Waals surface area contributed by atoms with Crippen LogP contribution < -0.4 is 14.8 Å². The smallest absolute Gasteiger partial charge is 0.211 e. The average Bonchev–Trinajstić information content (AvgIpc) is 2.67. The Kier molecular flexibility index (Phi) is 5.67. The van der Waals surface area contributed by atoms with Gasteiger partial charge in [-0.15, -0.1) is 0 Å². The van der Waals surface area contributed by atoms with Crippen molar-refractivity contribution in [2.24, 2.45) is 0 Å². The lowest BCUT2D eigenvalue weighted by Crippen LogP contribution is -2.00. The first-order chi connectivity index (χ1) is 12.3. The van der Waals surface area contributed by atoms with Crippen molar-refractivity contribution in [1.29, 1.82) is 0 Å². The van der Waals surface area contributed by atoms with Gasteiger partial charge in [-0.3, -0.25) is 4.79 Å². The molecule has 0 aromatic heterocycles. The number of amides is 1. The first-order valence-electron chi connectivity index (χ1n) is 8.02. The van der Waals surface area contributed by atoms with Crippen molar-refractivity contribution in [3.63, 3.8) is 0 Å². The molecule has 0 aliphatic rings. The maximum Gasteiger partial charge on any atom is 0.211 e. The van der Waals surface area contributed by atoms with Crippen LogP contribution in [0.3, 0.4) is 0 Å². The van der Waals surface area contributed by atoms with Gasteiger partial charge in [-0.05, 0) is 11.1 Å². The molecule has 0 heterocycles. The van der Waals surface area contributed by atoms with E-state index in [0.29, 0.717) is 36.8 Å². The highest BCUT2D eigenvalue weighted by Crippen LogP contribution is 2.27. The summed E-state index contributed by atoms with van der Waals surface area (Å²) >= 11 is 0. The molecule has 25 heavy (non-hydrogen) atoms. The number of carbonyl (C=O) groups excluding carboxylic acids is 1. The van der Waals surface area contributed by atoms with Crippen molar-refractivity contribution in [1.82, 2.24) is 0 Å². The summed E-state index contributed by atoms with van der Waals surface area (Å²) in [6.45, 7) is 0.896. The van der Waals surface area contributed by atoms with Crippen molar-refractivity contribution in [3.05, 3.63) is 90.0 Å². The maximum absolute atomic E-state index is 10.8. The fourth-order valence-corrected chi connectivity index (χ4v) is 2.37. The second kappa shape index (κ2) is 8.55. The number of nitrogens with one attached hydrogen (secondary N) is 1. The fourth-order valence-electron chi connectivity index (χ4n) is 2.37. The summed E-state index contributed by atoms with van der Waals surface area (Å²) in [4.78, 5) is 10.8. The molecule has 4 heteroatoms. The van der Waals surface area contributed by atoms with E-state index < -0.39 is 0 Å². The quantitative estimate of drug-likeness (QED) is 0.621. The zero-order chi connectivity index (χ0) is 17.3. The summed E-state index contributed by atoms with van der Waals surface area (Å²) in [6, 6.07) is 25.2. The topological polar surface area (TPSA) is 47.6 Å². The van der Waals surface area contributed by atoms with E-state index in [0.717, 1.165) is 11.1 Å². The van der Waals surface area contributed by atoms with Crippen LogP contribution in [0.1, 0.15) is 11.1 Å². The van der Waals surface area contributed by atoms with Crippen LogP contribution in [0, 0.1) is 0 Å². The normalized spacial score (nSPS) is 10.1. The van der Waals surface area contributed by atoms with Gasteiger partial charge in [0, 0.05) is 23.9 Å². The van der Waals surface area contributed by atoms with Crippen molar-refractivity contribution in [2.45, 2.75) is 13.2 Å². The van der Waals surface area contributed by atoms with Crippen LogP contribution in [0.5, 0.6) is 11.5 Å². The molecule has 126 valence electrons. The third-order valence-electron chi connectivity index (χ3n) is 3.60. The highest BCUT2D eigenvalue weighted by atomic mass is 16.5. The van der Waals surface area contributed by atoms with Crippen LogP contribution >= 0.6 is 0 Å². The van der Waals surface area contributed by atoms with Crippen LogP contribution in [-0.2, 0) is 18.0 Å². The second-order valence-electron chi connectivity index (χ2n) is 5.50. The van der Waals surface area contributed by atoms with E-state index in [1.807, 2.05) is 66.7 Å². The number of carbonyl (C=O) groups is 1. The minimum Gasteiger partial charge on any atom is -0.489 e. The van der Waals surface area contributed by atoms with E-state index in [1.165, 1.54) is 0 Å². The molecule has 0 aliphatic heterocycles. The van der Waals surface area contributed by atoms with E-state index in [1.54, 1.807) is 12.1 Å². The molecule has 0 atom stereocenters. The lowest BCUT2D eigenvalue weighted by Gasteiger charge is -2.12. The van der Waals surface area contributed by atoms with Gasteiger partial charge >= 0.3 is 0 Å². The molecule has 0 fully saturated rings. The van der Waals surface area contributed by atoms with Gasteiger partial charge in [0.05, 0.1) is 0 Å². The molecular weight excluding hydrogens is 314 g/mol. The lowest BCUT2D eigenvalue weighted by atomic mass is 10.2. The van der Waals surface area contributed by atoms with E-state index in [4.69, 9.17) is 9.47 Å².